The highest BCUT2D eigenvalue weighted by atomic mass is 16.5. The molecule has 0 fully saturated rings. The fraction of sp³-hybridized carbons (Fsp3) is 0.417. The molecule has 6 nitrogen and oxygen atoms in total. The van der Waals surface area contributed by atoms with Crippen molar-refractivity contribution in [3.05, 3.63) is 59.7 Å². The first-order chi connectivity index (χ1) is 14.5. The van der Waals surface area contributed by atoms with Crippen molar-refractivity contribution >= 4 is 17.5 Å². The van der Waals surface area contributed by atoms with E-state index in [4.69, 9.17) is 4.74 Å². The molecule has 160 valence electrons. The standard InChI is InChI=1S/C24H31N3O3/c1-18(2)26(3)17-20-9-5-4-8-19(20)16-25-23(28)12-13-24(29)27-14-15-30-22-11-7-6-10-21(22)27/h4-11,18H,12-17H2,1-3H3,(H,25,28). The van der Waals surface area contributed by atoms with E-state index in [0.717, 1.165) is 17.8 Å². The number of nitrogens with one attached hydrogen (secondary N) is 1. The summed E-state index contributed by atoms with van der Waals surface area (Å²) in [7, 11) is 2.09. The number of carbonyl (C=O) groups excluding carboxylic acids is 2. The molecule has 30 heavy (non-hydrogen) atoms. The Hall–Kier alpha value is -2.86. The Morgan fingerprint density at radius 2 is 1.77 bits per heavy atom. The summed E-state index contributed by atoms with van der Waals surface area (Å²) in [5, 5.41) is 2.97. The van der Waals surface area contributed by atoms with Crippen molar-refractivity contribution in [3.63, 3.8) is 0 Å². The van der Waals surface area contributed by atoms with Crippen LogP contribution in [0.25, 0.3) is 0 Å². The van der Waals surface area contributed by atoms with E-state index in [1.165, 1.54) is 5.56 Å². The molecule has 0 bridgehead atoms. The first kappa shape index (κ1) is 21.8. The Kier molecular flexibility index (Phi) is 7.46. The number of para-hydroxylation sites is 2. The molecule has 2 aromatic carbocycles. The maximum absolute atomic E-state index is 12.7. The van der Waals surface area contributed by atoms with Crippen molar-refractivity contribution in [2.75, 3.05) is 25.1 Å². The molecular weight excluding hydrogens is 378 g/mol. The highest BCUT2D eigenvalue weighted by molar-refractivity contribution is 5.97. The molecule has 0 saturated heterocycles. The SMILES string of the molecule is CC(C)N(C)Cc1ccccc1CNC(=O)CCC(=O)N1CCOc2ccccc21. The summed E-state index contributed by atoms with van der Waals surface area (Å²) in [6.07, 6.45) is 0.352. The van der Waals surface area contributed by atoms with Crippen molar-refractivity contribution < 1.29 is 14.3 Å². The zero-order valence-corrected chi connectivity index (χ0v) is 18.1. The van der Waals surface area contributed by atoms with Gasteiger partial charge in [-0.2, -0.15) is 0 Å². The zero-order chi connectivity index (χ0) is 21.5. The van der Waals surface area contributed by atoms with Crippen LogP contribution in [0.4, 0.5) is 5.69 Å². The van der Waals surface area contributed by atoms with Crippen molar-refractivity contribution in [3.8, 4) is 5.75 Å². The molecule has 1 heterocycles. The lowest BCUT2D eigenvalue weighted by Crippen LogP contribution is -2.38. The molecule has 0 aliphatic carbocycles. The fourth-order valence-electron chi connectivity index (χ4n) is 3.40. The Morgan fingerprint density at radius 1 is 1.07 bits per heavy atom. The number of anilines is 1. The zero-order valence-electron chi connectivity index (χ0n) is 18.1. The molecule has 1 aliphatic rings. The van der Waals surface area contributed by atoms with Crippen LogP contribution in [-0.4, -0.2) is 43.0 Å². The third-order valence-electron chi connectivity index (χ3n) is 5.49. The van der Waals surface area contributed by atoms with Crippen molar-refractivity contribution in [2.45, 2.75) is 45.8 Å². The summed E-state index contributed by atoms with van der Waals surface area (Å²) in [6.45, 7) is 6.60. The topological polar surface area (TPSA) is 61.9 Å². The maximum atomic E-state index is 12.7. The minimum absolute atomic E-state index is 0.0557. The van der Waals surface area contributed by atoms with E-state index in [0.29, 0.717) is 31.5 Å². The third kappa shape index (κ3) is 5.60. The van der Waals surface area contributed by atoms with Gasteiger partial charge in [0.05, 0.1) is 12.2 Å². The number of nitrogens with zero attached hydrogens (tertiary/aromatic N) is 2. The average Bonchev–Trinajstić information content (AvgIpc) is 2.76. The van der Waals surface area contributed by atoms with Gasteiger partial charge in [-0.25, -0.2) is 0 Å². The smallest absolute Gasteiger partial charge is 0.227 e. The second-order valence-corrected chi connectivity index (χ2v) is 7.92. The first-order valence-electron chi connectivity index (χ1n) is 10.5. The van der Waals surface area contributed by atoms with E-state index in [1.54, 1.807) is 4.90 Å². The van der Waals surface area contributed by atoms with Gasteiger partial charge in [-0.3, -0.25) is 14.5 Å². The minimum Gasteiger partial charge on any atom is -0.490 e. The monoisotopic (exact) mass is 409 g/mol. The van der Waals surface area contributed by atoms with Gasteiger partial charge in [-0.05, 0) is 44.2 Å². The van der Waals surface area contributed by atoms with Crippen LogP contribution in [0.2, 0.25) is 0 Å². The van der Waals surface area contributed by atoms with Gasteiger partial charge >= 0.3 is 0 Å². The number of fused-ring (bicyclic) bond motifs is 1. The number of hydrogen-bond acceptors (Lipinski definition) is 4. The van der Waals surface area contributed by atoms with E-state index in [1.807, 2.05) is 42.5 Å². The Morgan fingerprint density at radius 3 is 2.53 bits per heavy atom. The molecular formula is C24H31N3O3. The van der Waals surface area contributed by atoms with Crippen molar-refractivity contribution in [1.82, 2.24) is 10.2 Å². The molecule has 0 saturated carbocycles. The van der Waals surface area contributed by atoms with Crippen LogP contribution in [0, 0.1) is 0 Å². The number of benzene rings is 2. The number of hydrogen-bond donors (Lipinski definition) is 1. The number of ether oxygens (including phenoxy) is 1. The lowest BCUT2D eigenvalue weighted by molar-refractivity contribution is -0.125. The van der Waals surface area contributed by atoms with Crippen LogP contribution < -0.4 is 15.0 Å². The molecule has 1 N–H and O–H groups in total. The largest absolute Gasteiger partial charge is 0.490 e. The van der Waals surface area contributed by atoms with Crippen molar-refractivity contribution in [2.24, 2.45) is 0 Å². The lowest BCUT2D eigenvalue weighted by atomic mass is 10.1. The molecule has 0 spiro atoms. The van der Waals surface area contributed by atoms with E-state index in [9.17, 15) is 9.59 Å². The summed E-state index contributed by atoms with van der Waals surface area (Å²) >= 11 is 0. The predicted molar refractivity (Wildman–Crippen MR) is 118 cm³/mol. The van der Waals surface area contributed by atoms with Gasteiger partial charge in [0.1, 0.15) is 12.4 Å². The molecule has 6 heteroatoms. The molecule has 0 aromatic heterocycles. The quantitative estimate of drug-likeness (QED) is 0.726. The molecule has 2 amide bonds. The normalized spacial score (nSPS) is 13.2. The first-order valence-corrected chi connectivity index (χ1v) is 10.5. The fourth-order valence-corrected chi connectivity index (χ4v) is 3.40. The summed E-state index contributed by atoms with van der Waals surface area (Å²) in [6, 6.07) is 16.1. The Bertz CT molecular complexity index is 882. The number of rotatable bonds is 8. The summed E-state index contributed by atoms with van der Waals surface area (Å²) in [5.41, 5.74) is 3.08. The van der Waals surface area contributed by atoms with Crippen LogP contribution in [0.1, 0.15) is 37.8 Å². The number of carbonyl (C=O) groups is 2. The maximum Gasteiger partial charge on any atom is 0.227 e. The molecule has 1 aliphatic heterocycles. The Labute approximate surface area is 178 Å². The lowest BCUT2D eigenvalue weighted by Gasteiger charge is -2.29. The minimum atomic E-state index is -0.114. The van der Waals surface area contributed by atoms with Crippen LogP contribution in [0.3, 0.4) is 0 Å². The third-order valence-corrected chi connectivity index (χ3v) is 5.49. The summed E-state index contributed by atoms with van der Waals surface area (Å²) in [5.74, 6) is 0.543. The average molecular weight is 410 g/mol. The van der Waals surface area contributed by atoms with Crippen LogP contribution >= 0.6 is 0 Å². The highest BCUT2D eigenvalue weighted by Crippen LogP contribution is 2.31. The van der Waals surface area contributed by atoms with E-state index in [2.05, 4.69) is 37.2 Å². The molecule has 3 rings (SSSR count). The number of amides is 2. The van der Waals surface area contributed by atoms with Gasteiger partial charge in [0.15, 0.2) is 0 Å². The summed E-state index contributed by atoms with van der Waals surface area (Å²) < 4.78 is 5.59. The molecule has 0 unspecified atom stereocenters. The molecule has 0 atom stereocenters. The van der Waals surface area contributed by atoms with Gasteiger partial charge in [-0.15, -0.1) is 0 Å². The van der Waals surface area contributed by atoms with E-state index < -0.39 is 0 Å². The van der Waals surface area contributed by atoms with Gasteiger partial charge in [0.2, 0.25) is 11.8 Å². The van der Waals surface area contributed by atoms with Crippen molar-refractivity contribution in [1.29, 1.82) is 0 Å². The van der Waals surface area contributed by atoms with Gasteiger partial charge in [0, 0.05) is 32.0 Å². The predicted octanol–water partition coefficient (Wildman–Crippen LogP) is 3.35. The molecule has 0 radical (unpaired) electrons. The second-order valence-electron chi connectivity index (χ2n) is 7.92. The van der Waals surface area contributed by atoms with Crippen LogP contribution in [0.15, 0.2) is 48.5 Å². The summed E-state index contributed by atoms with van der Waals surface area (Å²) in [4.78, 5) is 29.0. The molecule has 2 aromatic rings. The van der Waals surface area contributed by atoms with E-state index >= 15 is 0 Å². The van der Waals surface area contributed by atoms with Gasteiger partial charge < -0.3 is 15.0 Å². The second kappa shape index (κ2) is 10.3. The van der Waals surface area contributed by atoms with Crippen LogP contribution in [-0.2, 0) is 22.7 Å². The highest BCUT2D eigenvalue weighted by Gasteiger charge is 2.23. The Balaban J connectivity index is 1.51. The van der Waals surface area contributed by atoms with E-state index in [-0.39, 0.29) is 24.7 Å². The van der Waals surface area contributed by atoms with Gasteiger partial charge in [0.25, 0.3) is 0 Å². The van der Waals surface area contributed by atoms with Crippen LogP contribution in [0.5, 0.6) is 5.75 Å². The van der Waals surface area contributed by atoms with Gasteiger partial charge in [-0.1, -0.05) is 36.4 Å².